The smallest absolute Gasteiger partial charge is 0.279 e. The molecule has 5 rings (SSSR count). The van der Waals surface area contributed by atoms with E-state index in [1.807, 2.05) is 42.6 Å². The van der Waals surface area contributed by atoms with Crippen molar-refractivity contribution in [3.63, 3.8) is 0 Å². The first kappa shape index (κ1) is 17.7. The number of nitrogens with one attached hydrogen (secondary N) is 1. The molecule has 3 heterocycles. The van der Waals surface area contributed by atoms with Crippen LogP contribution in [0.15, 0.2) is 83.8 Å². The quantitative estimate of drug-likeness (QED) is 0.503. The molecule has 0 aliphatic rings. The molecule has 146 valence electrons. The highest BCUT2D eigenvalue weighted by atomic mass is 16.2. The van der Waals surface area contributed by atoms with Crippen LogP contribution in [0.5, 0.6) is 0 Å². The van der Waals surface area contributed by atoms with Gasteiger partial charge in [-0.15, -0.1) is 10.2 Å². The monoisotopic (exact) mass is 396 g/mol. The molecule has 0 spiro atoms. The zero-order chi connectivity index (χ0) is 20.5. The number of aromatic nitrogens is 5. The number of hydrogen-bond donors (Lipinski definition) is 1. The third-order valence-corrected chi connectivity index (χ3v) is 4.81. The van der Waals surface area contributed by atoms with E-state index in [1.165, 1.54) is 4.68 Å². The van der Waals surface area contributed by atoms with Crippen LogP contribution in [0.2, 0.25) is 0 Å². The van der Waals surface area contributed by atoms with Crippen LogP contribution >= 0.6 is 0 Å². The maximum Gasteiger partial charge on any atom is 0.279 e. The van der Waals surface area contributed by atoms with E-state index in [-0.39, 0.29) is 17.8 Å². The van der Waals surface area contributed by atoms with Crippen LogP contribution in [-0.4, -0.2) is 30.3 Å². The highest BCUT2D eigenvalue weighted by molar-refractivity contribution is 6.04. The average Bonchev–Trinajstić information content (AvgIpc) is 3.22. The number of amides is 1. The largest absolute Gasteiger partial charge is 0.343 e. The van der Waals surface area contributed by atoms with Gasteiger partial charge in [0.05, 0.1) is 17.6 Å². The molecular weight excluding hydrogens is 380 g/mol. The second kappa shape index (κ2) is 7.25. The summed E-state index contributed by atoms with van der Waals surface area (Å²) in [6, 6.07) is 21.6. The van der Waals surface area contributed by atoms with Crippen LogP contribution in [-0.2, 0) is 6.54 Å². The van der Waals surface area contributed by atoms with Gasteiger partial charge in [-0.3, -0.25) is 14.0 Å². The normalized spacial score (nSPS) is 11.1. The molecular formula is C22H16N6O2. The molecule has 0 atom stereocenters. The minimum Gasteiger partial charge on any atom is -0.343 e. The highest BCUT2D eigenvalue weighted by Gasteiger charge is 2.18. The van der Waals surface area contributed by atoms with Crippen LogP contribution in [0.1, 0.15) is 16.3 Å². The van der Waals surface area contributed by atoms with E-state index in [4.69, 9.17) is 0 Å². The molecule has 0 unspecified atom stereocenters. The number of pyridine rings is 1. The molecule has 2 aromatic carbocycles. The fourth-order valence-corrected chi connectivity index (χ4v) is 3.36. The lowest BCUT2D eigenvalue weighted by atomic mass is 10.1. The number of benzene rings is 2. The van der Waals surface area contributed by atoms with E-state index in [0.717, 1.165) is 0 Å². The first-order chi connectivity index (χ1) is 14.7. The molecule has 0 saturated heterocycles. The summed E-state index contributed by atoms with van der Waals surface area (Å²) >= 11 is 0. The zero-order valence-corrected chi connectivity index (χ0v) is 15.8. The Morgan fingerprint density at radius 2 is 1.60 bits per heavy atom. The Kier molecular flexibility index (Phi) is 4.29. The van der Waals surface area contributed by atoms with Crippen LogP contribution in [0.25, 0.3) is 22.1 Å². The molecule has 30 heavy (non-hydrogen) atoms. The Labute approximate surface area is 170 Å². The molecule has 5 aromatic rings. The topological polar surface area (TPSA) is 94.2 Å². The van der Waals surface area contributed by atoms with Crippen LogP contribution in [0.3, 0.4) is 0 Å². The van der Waals surface area contributed by atoms with Gasteiger partial charge < -0.3 is 5.32 Å². The molecule has 0 bridgehead atoms. The lowest BCUT2D eigenvalue weighted by molar-refractivity contribution is 0.0945. The molecule has 1 amide bonds. The summed E-state index contributed by atoms with van der Waals surface area (Å²) in [5, 5.41) is 16.4. The van der Waals surface area contributed by atoms with Gasteiger partial charge in [0.25, 0.3) is 11.5 Å². The van der Waals surface area contributed by atoms with Crippen molar-refractivity contribution in [2.45, 2.75) is 6.54 Å². The van der Waals surface area contributed by atoms with E-state index in [9.17, 15) is 9.59 Å². The molecule has 0 fully saturated rings. The van der Waals surface area contributed by atoms with E-state index >= 15 is 0 Å². The van der Waals surface area contributed by atoms with Crippen LogP contribution < -0.4 is 10.9 Å². The Balaban J connectivity index is 1.55. The van der Waals surface area contributed by atoms with Crippen molar-refractivity contribution in [2.75, 3.05) is 0 Å². The number of para-hydroxylation sites is 1. The van der Waals surface area contributed by atoms with Crippen molar-refractivity contribution >= 4 is 22.3 Å². The van der Waals surface area contributed by atoms with Crippen molar-refractivity contribution in [3.05, 3.63) is 101 Å². The molecule has 3 aromatic heterocycles. The van der Waals surface area contributed by atoms with E-state index < -0.39 is 5.91 Å². The average molecular weight is 396 g/mol. The molecule has 0 aliphatic heterocycles. The predicted octanol–water partition coefficient (Wildman–Crippen LogP) is 2.36. The minimum absolute atomic E-state index is 0.169. The molecule has 8 heteroatoms. The van der Waals surface area contributed by atoms with Gasteiger partial charge in [-0.2, -0.15) is 9.78 Å². The van der Waals surface area contributed by atoms with E-state index in [0.29, 0.717) is 27.9 Å². The maximum atomic E-state index is 13.0. The summed E-state index contributed by atoms with van der Waals surface area (Å²) in [5.41, 5.74) is 1.17. The molecule has 0 saturated carbocycles. The lowest BCUT2D eigenvalue weighted by Crippen LogP contribution is -2.30. The Morgan fingerprint density at radius 3 is 2.43 bits per heavy atom. The fourth-order valence-electron chi connectivity index (χ4n) is 3.36. The Morgan fingerprint density at radius 1 is 0.867 bits per heavy atom. The number of carbonyl (C=O) groups is 1. The summed E-state index contributed by atoms with van der Waals surface area (Å²) in [4.78, 5) is 26.0. The first-order valence-corrected chi connectivity index (χ1v) is 9.37. The third-order valence-electron chi connectivity index (χ3n) is 4.81. The molecule has 1 N–H and O–H groups in total. The second-order valence-corrected chi connectivity index (χ2v) is 6.67. The van der Waals surface area contributed by atoms with Crippen molar-refractivity contribution in [1.29, 1.82) is 0 Å². The van der Waals surface area contributed by atoms with Gasteiger partial charge >= 0.3 is 0 Å². The van der Waals surface area contributed by atoms with Gasteiger partial charge in [0.15, 0.2) is 17.2 Å². The SMILES string of the molecule is O=C(NCc1nnc2ccccn12)c1nn(-c2ccccc2)c(=O)c2ccccc12. The molecule has 8 nitrogen and oxygen atoms in total. The number of rotatable bonds is 4. The highest BCUT2D eigenvalue weighted by Crippen LogP contribution is 2.15. The second-order valence-electron chi connectivity index (χ2n) is 6.67. The standard InChI is InChI=1S/C22H16N6O2/c29-21(23-14-19-25-24-18-12-6-7-13-27(18)19)20-16-10-4-5-11-17(16)22(30)28(26-20)15-8-2-1-3-9-15/h1-13H,14H2,(H,23,29). The summed E-state index contributed by atoms with van der Waals surface area (Å²) < 4.78 is 3.06. The predicted molar refractivity (Wildman–Crippen MR) is 111 cm³/mol. The van der Waals surface area contributed by atoms with Crippen molar-refractivity contribution in [2.24, 2.45) is 0 Å². The number of nitrogens with zero attached hydrogens (tertiary/aromatic N) is 5. The zero-order valence-electron chi connectivity index (χ0n) is 15.8. The summed E-state index contributed by atoms with van der Waals surface area (Å²) in [6.07, 6.45) is 1.83. The summed E-state index contributed by atoms with van der Waals surface area (Å²) in [5.74, 6) is 0.197. The van der Waals surface area contributed by atoms with Gasteiger partial charge in [-0.05, 0) is 30.3 Å². The van der Waals surface area contributed by atoms with Gasteiger partial charge in [0, 0.05) is 11.6 Å². The van der Waals surface area contributed by atoms with Gasteiger partial charge in [-0.1, -0.05) is 42.5 Å². The first-order valence-electron chi connectivity index (χ1n) is 9.37. The van der Waals surface area contributed by atoms with Crippen LogP contribution in [0.4, 0.5) is 0 Å². The lowest BCUT2D eigenvalue weighted by Gasteiger charge is -2.11. The molecule has 0 radical (unpaired) electrons. The maximum absolute atomic E-state index is 13.0. The van der Waals surface area contributed by atoms with Crippen LogP contribution in [0, 0.1) is 0 Å². The van der Waals surface area contributed by atoms with Crippen molar-refractivity contribution in [3.8, 4) is 5.69 Å². The molecule has 0 aliphatic carbocycles. The van der Waals surface area contributed by atoms with E-state index in [1.54, 1.807) is 40.8 Å². The number of carbonyl (C=O) groups excluding carboxylic acids is 1. The Hall–Kier alpha value is -4.33. The van der Waals surface area contributed by atoms with Crippen molar-refractivity contribution < 1.29 is 4.79 Å². The van der Waals surface area contributed by atoms with Gasteiger partial charge in [0.2, 0.25) is 0 Å². The van der Waals surface area contributed by atoms with Gasteiger partial charge in [0.1, 0.15) is 0 Å². The third kappa shape index (κ3) is 3.00. The van der Waals surface area contributed by atoms with Crippen molar-refractivity contribution in [1.82, 2.24) is 29.7 Å². The fraction of sp³-hybridized carbons (Fsp3) is 0.0455. The van der Waals surface area contributed by atoms with E-state index in [2.05, 4.69) is 20.6 Å². The summed E-state index contributed by atoms with van der Waals surface area (Å²) in [7, 11) is 0. The Bertz CT molecular complexity index is 1440. The number of fused-ring (bicyclic) bond motifs is 2. The number of hydrogen-bond acceptors (Lipinski definition) is 5. The summed E-state index contributed by atoms with van der Waals surface area (Å²) in [6.45, 7) is 0.171. The van der Waals surface area contributed by atoms with Gasteiger partial charge in [-0.25, -0.2) is 0 Å². The minimum atomic E-state index is -0.399.